The summed E-state index contributed by atoms with van der Waals surface area (Å²) in [5.41, 5.74) is 8.61. The van der Waals surface area contributed by atoms with Gasteiger partial charge in [-0.15, -0.1) is 0 Å². The van der Waals surface area contributed by atoms with E-state index in [2.05, 4.69) is 5.10 Å². The highest BCUT2D eigenvalue weighted by Crippen LogP contribution is 2.15. The summed E-state index contributed by atoms with van der Waals surface area (Å²) >= 11 is 0. The van der Waals surface area contributed by atoms with Crippen molar-refractivity contribution < 1.29 is 9.53 Å². The SMILES string of the molecule is CC.CCOC(=O)c1cc(C)nn1-c1cccc(CN)c1. The van der Waals surface area contributed by atoms with Crippen molar-refractivity contribution in [3.8, 4) is 5.69 Å². The Balaban J connectivity index is 0.00000106. The minimum absolute atomic E-state index is 0.339. The van der Waals surface area contributed by atoms with Gasteiger partial charge in [-0.1, -0.05) is 26.0 Å². The van der Waals surface area contributed by atoms with Crippen LogP contribution in [0.5, 0.6) is 0 Å². The van der Waals surface area contributed by atoms with Gasteiger partial charge in [-0.05, 0) is 37.6 Å². The Hall–Kier alpha value is -2.14. The largest absolute Gasteiger partial charge is 0.461 e. The van der Waals surface area contributed by atoms with Gasteiger partial charge in [0.05, 0.1) is 18.0 Å². The molecule has 0 radical (unpaired) electrons. The molecule has 1 heterocycles. The Kier molecular flexibility index (Phi) is 6.62. The zero-order chi connectivity index (χ0) is 15.8. The fourth-order valence-corrected chi connectivity index (χ4v) is 1.86. The maximum atomic E-state index is 11.9. The normalized spacial score (nSPS) is 9.76. The topological polar surface area (TPSA) is 70.1 Å². The number of aromatic nitrogens is 2. The van der Waals surface area contributed by atoms with Crippen LogP contribution < -0.4 is 5.73 Å². The molecule has 2 aromatic rings. The maximum absolute atomic E-state index is 11.9. The van der Waals surface area contributed by atoms with Crippen molar-refractivity contribution in [2.75, 3.05) is 6.61 Å². The number of nitrogens with zero attached hydrogens (tertiary/aromatic N) is 2. The highest BCUT2D eigenvalue weighted by molar-refractivity contribution is 5.88. The van der Waals surface area contributed by atoms with E-state index in [9.17, 15) is 4.79 Å². The van der Waals surface area contributed by atoms with Gasteiger partial charge in [-0.2, -0.15) is 5.10 Å². The second-order valence-corrected chi connectivity index (χ2v) is 4.18. The number of benzene rings is 1. The molecule has 0 amide bonds. The van der Waals surface area contributed by atoms with E-state index in [0.717, 1.165) is 16.9 Å². The molecule has 1 aromatic carbocycles. The summed E-state index contributed by atoms with van der Waals surface area (Å²) in [6.07, 6.45) is 0. The third-order valence-corrected chi connectivity index (χ3v) is 2.71. The summed E-state index contributed by atoms with van der Waals surface area (Å²) in [6, 6.07) is 9.34. The van der Waals surface area contributed by atoms with E-state index in [1.165, 1.54) is 0 Å². The van der Waals surface area contributed by atoms with Crippen LogP contribution >= 0.6 is 0 Å². The summed E-state index contributed by atoms with van der Waals surface area (Å²) in [5, 5.41) is 4.33. The van der Waals surface area contributed by atoms with E-state index in [4.69, 9.17) is 10.5 Å². The number of nitrogens with two attached hydrogens (primary N) is 1. The predicted molar refractivity (Wildman–Crippen MR) is 83.5 cm³/mol. The van der Waals surface area contributed by atoms with Crippen LogP contribution in [0.1, 0.15) is 42.5 Å². The van der Waals surface area contributed by atoms with Crippen molar-refractivity contribution in [1.82, 2.24) is 9.78 Å². The standard InChI is InChI=1S/C14H17N3O2.C2H6/c1-3-19-14(18)13-7-10(2)16-17(13)12-6-4-5-11(8-12)9-15;1-2/h4-8H,3,9,15H2,1-2H3;1-2H3. The van der Waals surface area contributed by atoms with Crippen LogP contribution in [0.4, 0.5) is 0 Å². The summed E-state index contributed by atoms with van der Waals surface area (Å²) in [7, 11) is 0. The minimum atomic E-state index is -0.374. The summed E-state index contributed by atoms with van der Waals surface area (Å²) in [6.45, 7) is 8.40. The quantitative estimate of drug-likeness (QED) is 0.879. The molecule has 0 aliphatic rings. The van der Waals surface area contributed by atoms with Crippen LogP contribution in [-0.2, 0) is 11.3 Å². The van der Waals surface area contributed by atoms with Crippen LogP contribution in [0.2, 0.25) is 0 Å². The monoisotopic (exact) mass is 289 g/mol. The van der Waals surface area contributed by atoms with Crippen LogP contribution in [0.15, 0.2) is 30.3 Å². The van der Waals surface area contributed by atoms with Gasteiger partial charge in [0.15, 0.2) is 5.69 Å². The second kappa shape index (κ2) is 8.21. The van der Waals surface area contributed by atoms with E-state index in [-0.39, 0.29) is 5.97 Å². The van der Waals surface area contributed by atoms with E-state index in [1.807, 2.05) is 45.0 Å². The van der Waals surface area contributed by atoms with E-state index in [0.29, 0.717) is 18.8 Å². The number of hydrogen-bond donors (Lipinski definition) is 1. The van der Waals surface area contributed by atoms with Gasteiger partial charge in [0.1, 0.15) is 0 Å². The van der Waals surface area contributed by atoms with E-state index < -0.39 is 0 Å². The lowest BCUT2D eigenvalue weighted by Gasteiger charge is -2.08. The third kappa shape index (κ3) is 4.16. The predicted octanol–water partition coefficient (Wildman–Crippen LogP) is 2.84. The second-order valence-electron chi connectivity index (χ2n) is 4.18. The molecule has 0 fully saturated rings. The molecule has 1 aromatic heterocycles. The molecule has 0 spiro atoms. The first-order chi connectivity index (χ1) is 10.2. The summed E-state index contributed by atoms with van der Waals surface area (Å²) in [5.74, 6) is -0.374. The highest BCUT2D eigenvalue weighted by Gasteiger charge is 2.16. The number of carbonyl (C=O) groups is 1. The molecule has 2 rings (SSSR count). The van der Waals surface area contributed by atoms with Gasteiger partial charge in [0.25, 0.3) is 0 Å². The lowest BCUT2D eigenvalue weighted by atomic mass is 10.2. The zero-order valence-corrected chi connectivity index (χ0v) is 13.1. The minimum Gasteiger partial charge on any atom is -0.461 e. The molecular formula is C16H23N3O2. The highest BCUT2D eigenvalue weighted by atomic mass is 16.5. The first-order valence-corrected chi connectivity index (χ1v) is 7.19. The number of hydrogen-bond acceptors (Lipinski definition) is 4. The van der Waals surface area contributed by atoms with Gasteiger partial charge in [0.2, 0.25) is 0 Å². The lowest BCUT2D eigenvalue weighted by Crippen LogP contribution is -2.12. The molecule has 0 unspecified atom stereocenters. The first-order valence-electron chi connectivity index (χ1n) is 7.19. The number of aryl methyl sites for hydroxylation is 1. The third-order valence-electron chi connectivity index (χ3n) is 2.71. The van der Waals surface area contributed by atoms with Gasteiger partial charge < -0.3 is 10.5 Å². The van der Waals surface area contributed by atoms with Crippen molar-refractivity contribution in [3.63, 3.8) is 0 Å². The van der Waals surface area contributed by atoms with E-state index in [1.54, 1.807) is 17.7 Å². The van der Waals surface area contributed by atoms with Crippen molar-refractivity contribution in [1.29, 1.82) is 0 Å². The first kappa shape index (κ1) is 16.9. The van der Waals surface area contributed by atoms with Gasteiger partial charge in [-0.25, -0.2) is 9.48 Å². The van der Waals surface area contributed by atoms with E-state index >= 15 is 0 Å². The Morgan fingerprint density at radius 3 is 2.67 bits per heavy atom. The average Bonchev–Trinajstić information content (AvgIpc) is 2.92. The molecule has 0 atom stereocenters. The van der Waals surface area contributed by atoms with Crippen molar-refractivity contribution in [2.24, 2.45) is 5.73 Å². The Bertz CT molecular complexity index is 591. The lowest BCUT2D eigenvalue weighted by molar-refractivity contribution is 0.0515. The fourth-order valence-electron chi connectivity index (χ4n) is 1.86. The van der Waals surface area contributed by atoms with Gasteiger partial charge in [-0.3, -0.25) is 0 Å². The smallest absolute Gasteiger partial charge is 0.357 e. The molecule has 0 saturated carbocycles. The fraction of sp³-hybridized carbons (Fsp3) is 0.375. The average molecular weight is 289 g/mol. The maximum Gasteiger partial charge on any atom is 0.357 e. The molecule has 5 nitrogen and oxygen atoms in total. The molecule has 0 aliphatic heterocycles. The molecule has 0 bridgehead atoms. The van der Waals surface area contributed by atoms with Crippen molar-refractivity contribution in [2.45, 2.75) is 34.2 Å². The Morgan fingerprint density at radius 1 is 1.33 bits per heavy atom. The van der Waals surface area contributed by atoms with Crippen LogP contribution in [0, 0.1) is 6.92 Å². The summed E-state index contributed by atoms with van der Waals surface area (Å²) < 4.78 is 6.63. The Morgan fingerprint density at radius 2 is 2.05 bits per heavy atom. The van der Waals surface area contributed by atoms with Gasteiger partial charge >= 0.3 is 5.97 Å². The molecule has 2 N–H and O–H groups in total. The molecule has 21 heavy (non-hydrogen) atoms. The summed E-state index contributed by atoms with van der Waals surface area (Å²) in [4.78, 5) is 11.9. The number of esters is 1. The number of rotatable bonds is 4. The molecule has 0 aliphatic carbocycles. The number of ether oxygens (including phenoxy) is 1. The molecular weight excluding hydrogens is 266 g/mol. The van der Waals surface area contributed by atoms with Crippen LogP contribution in [-0.4, -0.2) is 22.4 Å². The van der Waals surface area contributed by atoms with Crippen LogP contribution in [0.3, 0.4) is 0 Å². The zero-order valence-electron chi connectivity index (χ0n) is 13.1. The molecule has 114 valence electrons. The molecule has 0 saturated heterocycles. The van der Waals surface area contributed by atoms with Crippen molar-refractivity contribution in [3.05, 3.63) is 47.3 Å². The number of carbonyl (C=O) groups excluding carboxylic acids is 1. The van der Waals surface area contributed by atoms with Crippen LogP contribution in [0.25, 0.3) is 5.69 Å². The molecule has 5 heteroatoms. The van der Waals surface area contributed by atoms with Crippen molar-refractivity contribution >= 4 is 5.97 Å². The van der Waals surface area contributed by atoms with Gasteiger partial charge in [0, 0.05) is 6.54 Å². The Labute approximate surface area is 125 Å².